The van der Waals surface area contributed by atoms with Crippen molar-refractivity contribution < 1.29 is 14.3 Å². The van der Waals surface area contributed by atoms with E-state index in [1.54, 1.807) is 0 Å². The second-order valence-electron chi connectivity index (χ2n) is 4.82. The van der Waals surface area contributed by atoms with Crippen LogP contribution in [0.15, 0.2) is 12.2 Å². The first kappa shape index (κ1) is 13.1. The molecule has 1 saturated heterocycles. The number of ether oxygens (including phenoxy) is 1. The Balaban J connectivity index is 1.76. The highest BCUT2D eigenvalue weighted by Gasteiger charge is 2.28. The van der Waals surface area contributed by atoms with Crippen LogP contribution in [0.5, 0.6) is 0 Å². The second-order valence-corrected chi connectivity index (χ2v) is 4.82. The van der Waals surface area contributed by atoms with Crippen molar-refractivity contribution in [1.82, 2.24) is 9.80 Å². The summed E-state index contributed by atoms with van der Waals surface area (Å²) in [7, 11) is 1.40. The Hall–Kier alpha value is -1.36. The topological polar surface area (TPSA) is 49.9 Å². The van der Waals surface area contributed by atoms with Gasteiger partial charge in [-0.3, -0.25) is 14.5 Å². The Bertz CT molecular complexity index is 338. The van der Waals surface area contributed by atoms with E-state index in [9.17, 15) is 9.59 Å². The van der Waals surface area contributed by atoms with Gasteiger partial charge in [0.2, 0.25) is 5.91 Å². The van der Waals surface area contributed by atoms with Crippen LogP contribution in [0.25, 0.3) is 0 Å². The number of hydrogen-bond acceptors (Lipinski definition) is 4. The normalized spacial score (nSPS) is 21.3. The quantitative estimate of drug-likeness (QED) is 0.534. The molecule has 0 atom stereocenters. The summed E-state index contributed by atoms with van der Waals surface area (Å²) in [6.07, 6.45) is 5.91. The first-order valence-electron chi connectivity index (χ1n) is 6.43. The number of hydrogen-bond donors (Lipinski definition) is 0. The lowest BCUT2D eigenvalue weighted by Crippen LogP contribution is -2.51. The molecule has 18 heavy (non-hydrogen) atoms. The van der Waals surface area contributed by atoms with Gasteiger partial charge in [-0.15, -0.1) is 0 Å². The number of carbonyl (C=O) groups excluding carboxylic acids is 2. The van der Waals surface area contributed by atoms with Gasteiger partial charge < -0.3 is 9.64 Å². The van der Waals surface area contributed by atoms with Gasteiger partial charge in [0.1, 0.15) is 0 Å². The maximum absolute atomic E-state index is 12.2. The number of esters is 1. The summed E-state index contributed by atoms with van der Waals surface area (Å²) in [5.41, 5.74) is 0. The van der Waals surface area contributed by atoms with E-state index in [1.165, 1.54) is 7.11 Å². The molecule has 1 heterocycles. The monoisotopic (exact) mass is 252 g/mol. The van der Waals surface area contributed by atoms with Gasteiger partial charge >= 0.3 is 5.97 Å². The zero-order valence-corrected chi connectivity index (χ0v) is 10.8. The molecule has 0 bridgehead atoms. The summed E-state index contributed by atoms with van der Waals surface area (Å²) in [6.45, 7) is 3.25. The average Bonchev–Trinajstić information content (AvgIpc) is 2.92. The predicted molar refractivity (Wildman–Crippen MR) is 66.9 cm³/mol. The largest absolute Gasteiger partial charge is 0.468 e. The third-order valence-corrected chi connectivity index (χ3v) is 3.62. The number of carbonyl (C=O) groups is 2. The summed E-state index contributed by atoms with van der Waals surface area (Å²) in [4.78, 5) is 27.3. The van der Waals surface area contributed by atoms with Crippen LogP contribution in [0.2, 0.25) is 0 Å². The maximum Gasteiger partial charge on any atom is 0.319 e. The molecule has 1 aliphatic carbocycles. The Morgan fingerprint density at radius 3 is 2.33 bits per heavy atom. The molecule has 100 valence electrons. The Morgan fingerprint density at radius 1 is 1.17 bits per heavy atom. The van der Waals surface area contributed by atoms with Crippen LogP contribution in [-0.4, -0.2) is 61.5 Å². The first-order valence-corrected chi connectivity index (χ1v) is 6.43. The zero-order valence-electron chi connectivity index (χ0n) is 10.8. The summed E-state index contributed by atoms with van der Waals surface area (Å²) < 4.78 is 4.64. The summed E-state index contributed by atoms with van der Waals surface area (Å²) >= 11 is 0. The summed E-state index contributed by atoms with van der Waals surface area (Å²) in [5, 5.41) is 0. The second kappa shape index (κ2) is 6.00. The van der Waals surface area contributed by atoms with Crippen molar-refractivity contribution in [3.8, 4) is 0 Å². The highest BCUT2D eigenvalue weighted by Crippen LogP contribution is 2.21. The van der Waals surface area contributed by atoms with Crippen LogP contribution in [-0.2, 0) is 14.3 Å². The number of allylic oxidation sites excluding steroid dienone is 2. The lowest BCUT2D eigenvalue weighted by Gasteiger charge is -2.35. The molecule has 1 aliphatic heterocycles. The number of amides is 1. The highest BCUT2D eigenvalue weighted by molar-refractivity contribution is 5.79. The van der Waals surface area contributed by atoms with Gasteiger partial charge in [-0.05, 0) is 12.8 Å². The van der Waals surface area contributed by atoms with Crippen LogP contribution in [0.4, 0.5) is 0 Å². The third kappa shape index (κ3) is 3.10. The van der Waals surface area contributed by atoms with Crippen LogP contribution in [0.3, 0.4) is 0 Å². The fraction of sp³-hybridized carbons (Fsp3) is 0.692. The molecule has 0 unspecified atom stereocenters. The molecule has 0 aromatic carbocycles. The molecule has 0 saturated carbocycles. The molecule has 1 amide bonds. The molecule has 0 aromatic rings. The van der Waals surface area contributed by atoms with E-state index in [1.807, 2.05) is 9.80 Å². The van der Waals surface area contributed by atoms with Crippen molar-refractivity contribution in [2.75, 3.05) is 39.8 Å². The van der Waals surface area contributed by atoms with Crippen molar-refractivity contribution in [2.45, 2.75) is 12.8 Å². The Morgan fingerprint density at radius 2 is 1.78 bits per heavy atom. The minimum absolute atomic E-state index is 0.150. The van der Waals surface area contributed by atoms with Gasteiger partial charge in [-0.1, -0.05) is 12.2 Å². The summed E-state index contributed by atoms with van der Waals surface area (Å²) in [5.74, 6) is 0.199. The van der Waals surface area contributed by atoms with Gasteiger partial charge in [-0.2, -0.15) is 0 Å². The minimum Gasteiger partial charge on any atom is -0.468 e. The molecule has 1 fully saturated rings. The van der Waals surface area contributed by atoms with Crippen molar-refractivity contribution in [1.29, 1.82) is 0 Å². The number of methoxy groups -OCH3 is 1. The molecule has 2 aliphatic rings. The molecule has 0 aromatic heterocycles. The van der Waals surface area contributed by atoms with E-state index in [2.05, 4.69) is 16.9 Å². The number of rotatable bonds is 3. The molecule has 5 nitrogen and oxygen atoms in total. The van der Waals surface area contributed by atoms with Crippen LogP contribution >= 0.6 is 0 Å². The van der Waals surface area contributed by atoms with Crippen molar-refractivity contribution in [3.63, 3.8) is 0 Å². The average molecular weight is 252 g/mol. The van der Waals surface area contributed by atoms with E-state index < -0.39 is 0 Å². The van der Waals surface area contributed by atoms with E-state index in [0.29, 0.717) is 19.6 Å². The Labute approximate surface area is 107 Å². The highest BCUT2D eigenvalue weighted by atomic mass is 16.5. The van der Waals surface area contributed by atoms with Gasteiger partial charge in [-0.25, -0.2) is 0 Å². The lowest BCUT2D eigenvalue weighted by atomic mass is 10.1. The van der Waals surface area contributed by atoms with E-state index in [0.717, 1.165) is 25.9 Å². The minimum atomic E-state index is -0.213. The Kier molecular flexibility index (Phi) is 4.36. The third-order valence-electron chi connectivity index (χ3n) is 3.62. The fourth-order valence-electron chi connectivity index (χ4n) is 2.45. The van der Waals surface area contributed by atoms with E-state index in [4.69, 9.17) is 0 Å². The van der Waals surface area contributed by atoms with E-state index >= 15 is 0 Å². The standard InChI is InChI=1S/C13H20N2O3/c1-18-12(16)10-14-6-8-15(9-7-14)13(17)11-4-2-3-5-11/h2-3,11H,4-10H2,1H3. The smallest absolute Gasteiger partial charge is 0.319 e. The van der Waals surface area contributed by atoms with Gasteiger partial charge in [0.15, 0.2) is 0 Å². The van der Waals surface area contributed by atoms with Crippen LogP contribution in [0, 0.1) is 5.92 Å². The van der Waals surface area contributed by atoms with E-state index in [-0.39, 0.29) is 17.8 Å². The van der Waals surface area contributed by atoms with Crippen molar-refractivity contribution in [2.24, 2.45) is 5.92 Å². The summed E-state index contributed by atoms with van der Waals surface area (Å²) in [6, 6.07) is 0. The van der Waals surface area contributed by atoms with Gasteiger partial charge in [0.25, 0.3) is 0 Å². The molecule has 0 N–H and O–H groups in total. The number of nitrogens with zero attached hydrogens (tertiary/aromatic N) is 2. The van der Waals surface area contributed by atoms with Crippen molar-refractivity contribution >= 4 is 11.9 Å². The molecular weight excluding hydrogens is 232 g/mol. The van der Waals surface area contributed by atoms with Crippen LogP contribution in [0.1, 0.15) is 12.8 Å². The molecule has 0 radical (unpaired) electrons. The molecule has 0 spiro atoms. The fourth-order valence-corrected chi connectivity index (χ4v) is 2.45. The SMILES string of the molecule is COC(=O)CN1CCN(C(=O)C2CC=CC2)CC1. The van der Waals surface area contributed by atoms with Crippen LogP contribution < -0.4 is 0 Å². The maximum atomic E-state index is 12.2. The van der Waals surface area contributed by atoms with Gasteiger partial charge in [0, 0.05) is 32.1 Å². The number of piperazine rings is 1. The molecular formula is C13H20N2O3. The van der Waals surface area contributed by atoms with Crippen molar-refractivity contribution in [3.05, 3.63) is 12.2 Å². The first-order chi connectivity index (χ1) is 8.70. The molecule has 5 heteroatoms. The zero-order chi connectivity index (χ0) is 13.0. The molecule has 2 rings (SSSR count). The predicted octanol–water partition coefficient (Wildman–Crippen LogP) is 0.270. The lowest BCUT2D eigenvalue weighted by molar-refractivity contribution is -0.143. The van der Waals surface area contributed by atoms with Gasteiger partial charge in [0.05, 0.1) is 13.7 Å².